The van der Waals surface area contributed by atoms with Crippen molar-refractivity contribution in [2.45, 2.75) is 12.8 Å². The monoisotopic (exact) mass is 371 g/mol. The zero-order valence-corrected chi connectivity index (χ0v) is 15.2. The van der Waals surface area contributed by atoms with Gasteiger partial charge in [0, 0.05) is 18.1 Å². The van der Waals surface area contributed by atoms with Crippen LogP contribution in [0.1, 0.15) is 11.1 Å². The fourth-order valence-corrected chi connectivity index (χ4v) is 3.42. The van der Waals surface area contributed by atoms with Crippen LogP contribution in [-0.4, -0.2) is 31.7 Å². The summed E-state index contributed by atoms with van der Waals surface area (Å²) in [6, 6.07) is 12.1. The molecule has 1 saturated heterocycles. The summed E-state index contributed by atoms with van der Waals surface area (Å²) in [5, 5.41) is 11.0. The standard InChI is InChI=1S/C20H21NO6/c1-25-18-7-6-14(11-19(18)26-2)8-15-12-27-20(22)17(15)10-13-4-3-5-16(9-13)21(23)24/h3-7,9,11,15,17H,8,10,12H2,1-2H3. The lowest BCUT2D eigenvalue weighted by molar-refractivity contribution is -0.384. The smallest absolute Gasteiger partial charge is 0.309 e. The van der Waals surface area contributed by atoms with Crippen LogP contribution in [0, 0.1) is 22.0 Å². The number of cyclic esters (lactones) is 1. The van der Waals surface area contributed by atoms with Gasteiger partial charge in [-0.3, -0.25) is 14.9 Å². The largest absolute Gasteiger partial charge is 0.493 e. The van der Waals surface area contributed by atoms with Crippen molar-refractivity contribution in [3.8, 4) is 11.5 Å². The predicted molar refractivity (Wildman–Crippen MR) is 98.0 cm³/mol. The van der Waals surface area contributed by atoms with Gasteiger partial charge in [0.05, 0.1) is 31.7 Å². The fourth-order valence-electron chi connectivity index (χ4n) is 3.42. The second-order valence-corrected chi connectivity index (χ2v) is 6.52. The summed E-state index contributed by atoms with van der Waals surface area (Å²) in [4.78, 5) is 22.8. The van der Waals surface area contributed by atoms with Crippen molar-refractivity contribution in [3.63, 3.8) is 0 Å². The maximum Gasteiger partial charge on any atom is 0.309 e. The van der Waals surface area contributed by atoms with Gasteiger partial charge in [0.2, 0.25) is 0 Å². The van der Waals surface area contributed by atoms with Crippen LogP contribution < -0.4 is 9.47 Å². The average molecular weight is 371 g/mol. The van der Waals surface area contributed by atoms with Crippen LogP contribution in [0.15, 0.2) is 42.5 Å². The molecule has 3 rings (SSSR count). The third-order valence-electron chi connectivity index (χ3n) is 4.83. The highest BCUT2D eigenvalue weighted by atomic mass is 16.6. The molecule has 0 saturated carbocycles. The summed E-state index contributed by atoms with van der Waals surface area (Å²) in [6.07, 6.45) is 1.06. The van der Waals surface area contributed by atoms with Crippen molar-refractivity contribution in [1.29, 1.82) is 0 Å². The van der Waals surface area contributed by atoms with E-state index in [9.17, 15) is 14.9 Å². The number of carbonyl (C=O) groups is 1. The molecule has 0 aromatic heterocycles. The van der Waals surface area contributed by atoms with Gasteiger partial charge < -0.3 is 14.2 Å². The van der Waals surface area contributed by atoms with E-state index in [1.54, 1.807) is 26.4 Å². The first-order valence-electron chi connectivity index (χ1n) is 8.62. The maximum absolute atomic E-state index is 12.2. The van der Waals surface area contributed by atoms with Crippen LogP contribution in [0.3, 0.4) is 0 Å². The van der Waals surface area contributed by atoms with E-state index in [2.05, 4.69) is 0 Å². The Labute approximate surface area is 157 Å². The predicted octanol–water partition coefficient (Wildman–Crippen LogP) is 3.19. The minimum Gasteiger partial charge on any atom is -0.493 e. The van der Waals surface area contributed by atoms with Crippen LogP contribution in [0.2, 0.25) is 0 Å². The van der Waals surface area contributed by atoms with Gasteiger partial charge in [-0.2, -0.15) is 0 Å². The molecular weight excluding hydrogens is 350 g/mol. The van der Waals surface area contributed by atoms with Gasteiger partial charge in [-0.15, -0.1) is 0 Å². The summed E-state index contributed by atoms with van der Waals surface area (Å²) < 4.78 is 15.9. The molecule has 0 bridgehead atoms. The van der Waals surface area contributed by atoms with Crippen molar-refractivity contribution in [2.75, 3.05) is 20.8 Å². The molecule has 2 aromatic rings. The number of nitro benzene ring substituents is 1. The van der Waals surface area contributed by atoms with Crippen LogP contribution in [-0.2, 0) is 22.4 Å². The third kappa shape index (κ3) is 4.19. The lowest BCUT2D eigenvalue weighted by Gasteiger charge is -2.16. The lowest BCUT2D eigenvalue weighted by atomic mass is 9.85. The maximum atomic E-state index is 12.2. The number of nitrogens with zero attached hydrogens (tertiary/aromatic N) is 1. The minimum atomic E-state index is -0.433. The fraction of sp³-hybridized carbons (Fsp3) is 0.350. The highest BCUT2D eigenvalue weighted by Crippen LogP contribution is 2.33. The van der Waals surface area contributed by atoms with E-state index in [4.69, 9.17) is 14.2 Å². The molecular formula is C20H21NO6. The van der Waals surface area contributed by atoms with Gasteiger partial charge in [0.1, 0.15) is 0 Å². The molecule has 1 aliphatic rings. The highest BCUT2D eigenvalue weighted by Gasteiger charge is 2.37. The number of hydrogen-bond acceptors (Lipinski definition) is 6. The second-order valence-electron chi connectivity index (χ2n) is 6.52. The molecule has 142 valence electrons. The number of rotatable bonds is 7. The minimum absolute atomic E-state index is 0.00476. The average Bonchev–Trinajstić information content (AvgIpc) is 3.01. The Hall–Kier alpha value is -3.09. The molecule has 7 nitrogen and oxygen atoms in total. The third-order valence-corrected chi connectivity index (χ3v) is 4.83. The Balaban J connectivity index is 1.76. The molecule has 1 heterocycles. The molecule has 2 atom stereocenters. The lowest BCUT2D eigenvalue weighted by Crippen LogP contribution is -2.20. The van der Waals surface area contributed by atoms with E-state index in [1.807, 2.05) is 18.2 Å². The molecule has 2 unspecified atom stereocenters. The first-order chi connectivity index (χ1) is 13.0. The molecule has 1 fully saturated rings. The van der Waals surface area contributed by atoms with E-state index in [-0.39, 0.29) is 23.5 Å². The number of ether oxygens (including phenoxy) is 3. The van der Waals surface area contributed by atoms with Gasteiger partial charge in [0.15, 0.2) is 11.5 Å². The first kappa shape index (κ1) is 18.7. The SMILES string of the molecule is COc1ccc(CC2COC(=O)C2Cc2cccc([N+](=O)[O-])c2)cc1OC. The van der Waals surface area contributed by atoms with Crippen molar-refractivity contribution in [2.24, 2.45) is 11.8 Å². The molecule has 1 aliphatic heterocycles. The second kappa shape index (κ2) is 8.07. The molecule has 27 heavy (non-hydrogen) atoms. The molecule has 0 N–H and O–H groups in total. The quantitative estimate of drug-likeness (QED) is 0.422. The number of benzene rings is 2. The van der Waals surface area contributed by atoms with Crippen LogP contribution >= 0.6 is 0 Å². The molecule has 0 radical (unpaired) electrons. The van der Waals surface area contributed by atoms with Crippen LogP contribution in [0.5, 0.6) is 11.5 Å². The number of methoxy groups -OCH3 is 2. The summed E-state index contributed by atoms with van der Waals surface area (Å²) in [5.74, 6) is 0.686. The Bertz CT molecular complexity index is 850. The van der Waals surface area contributed by atoms with Gasteiger partial charge in [-0.25, -0.2) is 0 Å². The Kier molecular flexibility index (Phi) is 5.59. The topological polar surface area (TPSA) is 87.9 Å². The Morgan fingerprint density at radius 2 is 1.81 bits per heavy atom. The van der Waals surface area contributed by atoms with Gasteiger partial charge >= 0.3 is 5.97 Å². The number of carbonyl (C=O) groups excluding carboxylic acids is 1. The first-order valence-corrected chi connectivity index (χ1v) is 8.62. The van der Waals surface area contributed by atoms with E-state index in [0.29, 0.717) is 30.9 Å². The molecule has 0 amide bonds. The zero-order chi connectivity index (χ0) is 19.4. The van der Waals surface area contributed by atoms with E-state index >= 15 is 0 Å². The van der Waals surface area contributed by atoms with Gasteiger partial charge in [-0.1, -0.05) is 18.2 Å². The Morgan fingerprint density at radius 3 is 2.52 bits per heavy atom. The number of hydrogen-bond donors (Lipinski definition) is 0. The summed E-state index contributed by atoms with van der Waals surface area (Å²) in [7, 11) is 3.16. The van der Waals surface area contributed by atoms with Crippen LogP contribution in [0.25, 0.3) is 0 Å². The van der Waals surface area contributed by atoms with Gasteiger partial charge in [0.25, 0.3) is 5.69 Å². The van der Waals surface area contributed by atoms with Gasteiger partial charge in [-0.05, 0) is 36.1 Å². The Morgan fingerprint density at radius 1 is 1.07 bits per heavy atom. The summed E-state index contributed by atoms with van der Waals surface area (Å²) >= 11 is 0. The van der Waals surface area contributed by atoms with Crippen molar-refractivity contribution in [1.82, 2.24) is 0 Å². The summed E-state index contributed by atoms with van der Waals surface area (Å²) in [5.41, 5.74) is 1.79. The number of non-ortho nitro benzene ring substituents is 1. The van der Waals surface area contributed by atoms with E-state index in [1.165, 1.54) is 12.1 Å². The van der Waals surface area contributed by atoms with Crippen molar-refractivity contribution < 1.29 is 23.9 Å². The van der Waals surface area contributed by atoms with E-state index < -0.39 is 4.92 Å². The highest BCUT2D eigenvalue weighted by molar-refractivity contribution is 5.75. The van der Waals surface area contributed by atoms with Crippen molar-refractivity contribution in [3.05, 3.63) is 63.7 Å². The molecule has 7 heteroatoms. The normalized spacial score (nSPS) is 18.8. The van der Waals surface area contributed by atoms with Crippen LogP contribution in [0.4, 0.5) is 5.69 Å². The molecule has 2 aromatic carbocycles. The summed E-state index contributed by atoms with van der Waals surface area (Å²) in [6.45, 7) is 0.340. The molecule has 0 aliphatic carbocycles. The number of nitro groups is 1. The zero-order valence-electron chi connectivity index (χ0n) is 15.2. The van der Waals surface area contributed by atoms with E-state index in [0.717, 1.165) is 11.1 Å². The number of esters is 1. The molecule has 0 spiro atoms. The van der Waals surface area contributed by atoms with Crippen molar-refractivity contribution >= 4 is 11.7 Å².